The van der Waals surface area contributed by atoms with Crippen LogP contribution in [0.1, 0.15) is 13.8 Å². The molecule has 24 heavy (non-hydrogen) atoms. The molecule has 0 radical (unpaired) electrons. The van der Waals surface area contributed by atoms with Crippen molar-refractivity contribution in [2.45, 2.75) is 26.5 Å². The normalized spacial score (nSPS) is 12.0. The number of nitrogens with one attached hydrogen (secondary N) is 1. The first-order chi connectivity index (χ1) is 11.3. The van der Waals surface area contributed by atoms with E-state index in [4.69, 9.17) is 21.4 Å². The third-order valence-electron chi connectivity index (χ3n) is 3.11. The molecular weight excluding hydrogens is 334 g/mol. The van der Waals surface area contributed by atoms with E-state index in [0.29, 0.717) is 10.8 Å². The molecule has 1 amide bonds. The first kappa shape index (κ1) is 17.8. The van der Waals surface area contributed by atoms with Gasteiger partial charge >= 0.3 is 5.97 Å². The molecule has 0 saturated heterocycles. The van der Waals surface area contributed by atoms with Gasteiger partial charge in [-0.05, 0) is 24.1 Å². The standard InChI is InChI=1S/C16H18ClN3O4/c1-10(2)15(24-12-5-3-4-11(17)8-12)16(23)18-13-6-7-20(19-13)9-14(21)22/h3-8,10,15H,9H2,1-2H3,(H,21,22)(H,18,19,23). The number of aromatic nitrogens is 2. The highest BCUT2D eigenvalue weighted by Crippen LogP contribution is 2.21. The summed E-state index contributed by atoms with van der Waals surface area (Å²) in [5.41, 5.74) is 0. The molecule has 2 rings (SSSR count). The Morgan fingerprint density at radius 2 is 2.12 bits per heavy atom. The molecule has 0 aliphatic heterocycles. The summed E-state index contributed by atoms with van der Waals surface area (Å²) in [7, 11) is 0. The number of carboxylic acid groups (broad SMARTS) is 1. The molecule has 8 heteroatoms. The van der Waals surface area contributed by atoms with Gasteiger partial charge in [0.2, 0.25) is 0 Å². The summed E-state index contributed by atoms with van der Waals surface area (Å²) >= 11 is 5.92. The highest BCUT2D eigenvalue weighted by atomic mass is 35.5. The molecule has 1 atom stereocenters. The van der Waals surface area contributed by atoms with Crippen LogP contribution in [-0.2, 0) is 16.1 Å². The third-order valence-corrected chi connectivity index (χ3v) is 3.35. The van der Waals surface area contributed by atoms with E-state index in [1.54, 1.807) is 24.3 Å². The van der Waals surface area contributed by atoms with Gasteiger partial charge in [0, 0.05) is 17.3 Å². The molecule has 1 heterocycles. The zero-order valence-electron chi connectivity index (χ0n) is 13.3. The van der Waals surface area contributed by atoms with E-state index in [9.17, 15) is 9.59 Å². The molecule has 1 aromatic carbocycles. The zero-order chi connectivity index (χ0) is 17.7. The molecule has 0 bridgehead atoms. The van der Waals surface area contributed by atoms with Crippen molar-refractivity contribution in [2.75, 3.05) is 5.32 Å². The molecule has 0 spiro atoms. The second-order valence-corrected chi connectivity index (χ2v) is 5.96. The number of amides is 1. The summed E-state index contributed by atoms with van der Waals surface area (Å²) in [5.74, 6) is -0.717. The van der Waals surface area contributed by atoms with E-state index in [1.807, 2.05) is 13.8 Å². The van der Waals surface area contributed by atoms with E-state index in [-0.39, 0.29) is 24.2 Å². The maximum absolute atomic E-state index is 12.4. The number of aliphatic carboxylic acids is 1. The van der Waals surface area contributed by atoms with Crippen LogP contribution < -0.4 is 10.1 Å². The topological polar surface area (TPSA) is 93.5 Å². The number of anilines is 1. The smallest absolute Gasteiger partial charge is 0.325 e. The number of halogens is 1. The van der Waals surface area contributed by atoms with E-state index >= 15 is 0 Å². The van der Waals surface area contributed by atoms with Crippen molar-refractivity contribution in [1.29, 1.82) is 0 Å². The molecule has 1 aromatic heterocycles. The second-order valence-electron chi connectivity index (χ2n) is 5.52. The van der Waals surface area contributed by atoms with Crippen LogP contribution in [-0.4, -0.2) is 32.9 Å². The molecule has 7 nitrogen and oxygen atoms in total. The molecule has 0 saturated carbocycles. The Labute approximate surface area is 144 Å². The lowest BCUT2D eigenvalue weighted by Gasteiger charge is -2.21. The number of hydrogen-bond donors (Lipinski definition) is 2. The molecule has 1 unspecified atom stereocenters. The first-order valence-corrected chi connectivity index (χ1v) is 7.71. The van der Waals surface area contributed by atoms with Gasteiger partial charge in [0.15, 0.2) is 11.9 Å². The largest absolute Gasteiger partial charge is 0.480 e. The fraction of sp³-hybridized carbons (Fsp3) is 0.312. The Kier molecular flexibility index (Phi) is 5.81. The maximum atomic E-state index is 12.4. The van der Waals surface area contributed by atoms with Crippen LogP contribution in [0.25, 0.3) is 0 Å². The van der Waals surface area contributed by atoms with Gasteiger partial charge in [0.1, 0.15) is 12.3 Å². The summed E-state index contributed by atoms with van der Waals surface area (Å²) in [4.78, 5) is 23.1. The Hall–Kier alpha value is -2.54. The molecule has 0 aliphatic carbocycles. The highest BCUT2D eigenvalue weighted by Gasteiger charge is 2.25. The number of carbonyl (C=O) groups is 2. The summed E-state index contributed by atoms with van der Waals surface area (Å²) in [6.07, 6.45) is 0.736. The van der Waals surface area contributed by atoms with Crippen molar-refractivity contribution in [2.24, 2.45) is 5.92 Å². The number of benzene rings is 1. The van der Waals surface area contributed by atoms with Crippen molar-refractivity contribution in [3.8, 4) is 5.75 Å². The summed E-state index contributed by atoms with van der Waals surface area (Å²) in [6, 6.07) is 8.33. The van der Waals surface area contributed by atoms with Crippen LogP contribution in [0.15, 0.2) is 36.5 Å². The Balaban J connectivity index is 2.06. The number of nitrogens with zero attached hydrogens (tertiary/aromatic N) is 2. The van der Waals surface area contributed by atoms with Crippen molar-refractivity contribution in [3.63, 3.8) is 0 Å². The average Bonchev–Trinajstić information content (AvgIpc) is 2.90. The lowest BCUT2D eigenvalue weighted by Crippen LogP contribution is -2.37. The minimum Gasteiger partial charge on any atom is -0.480 e. The average molecular weight is 352 g/mol. The van der Waals surface area contributed by atoms with Gasteiger partial charge in [0.05, 0.1) is 0 Å². The fourth-order valence-corrected chi connectivity index (χ4v) is 2.21. The van der Waals surface area contributed by atoms with Crippen molar-refractivity contribution >= 4 is 29.3 Å². The van der Waals surface area contributed by atoms with Gasteiger partial charge in [-0.2, -0.15) is 5.10 Å². The number of carboxylic acids is 1. The Morgan fingerprint density at radius 1 is 1.38 bits per heavy atom. The Bertz CT molecular complexity index is 730. The van der Waals surface area contributed by atoms with Crippen molar-refractivity contribution in [1.82, 2.24) is 9.78 Å². The van der Waals surface area contributed by atoms with E-state index in [0.717, 1.165) is 0 Å². The molecule has 128 valence electrons. The van der Waals surface area contributed by atoms with Gasteiger partial charge in [-0.15, -0.1) is 0 Å². The van der Waals surface area contributed by atoms with Crippen LogP contribution >= 0.6 is 11.6 Å². The van der Waals surface area contributed by atoms with Crippen LogP contribution in [0, 0.1) is 5.92 Å². The lowest BCUT2D eigenvalue weighted by atomic mass is 10.1. The minimum absolute atomic E-state index is 0.0925. The van der Waals surface area contributed by atoms with E-state index in [2.05, 4.69) is 10.4 Å². The first-order valence-electron chi connectivity index (χ1n) is 7.33. The maximum Gasteiger partial charge on any atom is 0.325 e. The van der Waals surface area contributed by atoms with Gasteiger partial charge in [-0.1, -0.05) is 31.5 Å². The molecule has 2 aromatic rings. The van der Waals surface area contributed by atoms with E-state index in [1.165, 1.54) is 16.9 Å². The summed E-state index contributed by atoms with van der Waals surface area (Å²) in [6.45, 7) is 3.44. The monoisotopic (exact) mass is 351 g/mol. The predicted molar refractivity (Wildman–Crippen MR) is 89.2 cm³/mol. The zero-order valence-corrected chi connectivity index (χ0v) is 14.0. The molecule has 2 N–H and O–H groups in total. The fourth-order valence-electron chi connectivity index (χ4n) is 2.03. The summed E-state index contributed by atoms with van der Waals surface area (Å²) < 4.78 is 6.96. The predicted octanol–water partition coefficient (Wildman–Crippen LogP) is 2.66. The van der Waals surface area contributed by atoms with E-state index < -0.39 is 12.1 Å². The quantitative estimate of drug-likeness (QED) is 0.799. The SMILES string of the molecule is CC(C)C(Oc1cccc(Cl)c1)C(=O)Nc1ccn(CC(=O)O)n1. The Morgan fingerprint density at radius 3 is 2.75 bits per heavy atom. The molecule has 0 fully saturated rings. The molecule has 0 aliphatic rings. The minimum atomic E-state index is -1.01. The van der Waals surface area contributed by atoms with Gasteiger partial charge < -0.3 is 15.2 Å². The second kappa shape index (κ2) is 7.83. The number of rotatable bonds is 7. The lowest BCUT2D eigenvalue weighted by molar-refractivity contribution is -0.137. The van der Waals surface area contributed by atoms with Crippen molar-refractivity contribution < 1.29 is 19.4 Å². The summed E-state index contributed by atoms with van der Waals surface area (Å²) in [5, 5.41) is 15.9. The van der Waals surface area contributed by atoms with Crippen LogP contribution in [0.3, 0.4) is 0 Å². The molecular formula is C16H18ClN3O4. The highest BCUT2D eigenvalue weighted by molar-refractivity contribution is 6.30. The van der Waals surface area contributed by atoms with Crippen molar-refractivity contribution in [3.05, 3.63) is 41.6 Å². The van der Waals surface area contributed by atoms with Crippen LogP contribution in [0.5, 0.6) is 5.75 Å². The number of hydrogen-bond acceptors (Lipinski definition) is 4. The number of ether oxygens (including phenoxy) is 1. The third kappa shape index (κ3) is 4.99. The van der Waals surface area contributed by atoms with Gasteiger partial charge in [-0.3, -0.25) is 14.3 Å². The van der Waals surface area contributed by atoms with Crippen LogP contribution in [0.4, 0.5) is 5.82 Å². The van der Waals surface area contributed by atoms with Crippen LogP contribution in [0.2, 0.25) is 5.02 Å². The number of carbonyl (C=O) groups excluding carboxylic acids is 1. The van der Waals surface area contributed by atoms with Gasteiger partial charge in [-0.25, -0.2) is 0 Å². The van der Waals surface area contributed by atoms with Gasteiger partial charge in [0.25, 0.3) is 5.91 Å².